The van der Waals surface area contributed by atoms with E-state index in [4.69, 9.17) is 9.97 Å². The highest BCUT2D eigenvalue weighted by Crippen LogP contribution is 2.52. The van der Waals surface area contributed by atoms with Gasteiger partial charge in [0.15, 0.2) is 11.5 Å². The zero-order valence-corrected chi connectivity index (χ0v) is 23.3. The molecule has 3 aromatic heterocycles. The molecule has 4 heteroatoms. The summed E-state index contributed by atoms with van der Waals surface area (Å²) in [5.41, 5.74) is 10.6. The fourth-order valence-corrected chi connectivity index (χ4v) is 7.06. The number of hydrogen-bond donors (Lipinski definition) is 0. The number of aromatic nitrogens is 4. The van der Waals surface area contributed by atoms with Crippen molar-refractivity contribution in [1.82, 2.24) is 19.5 Å². The van der Waals surface area contributed by atoms with Crippen LogP contribution in [0, 0.1) is 0 Å². The van der Waals surface area contributed by atoms with Crippen LogP contribution in [0.25, 0.3) is 71.9 Å². The van der Waals surface area contributed by atoms with Crippen LogP contribution >= 0.6 is 0 Å². The lowest BCUT2D eigenvalue weighted by atomic mass is 9.82. The molecule has 5 aromatic carbocycles. The predicted molar refractivity (Wildman–Crippen MR) is 172 cm³/mol. The Hall–Kier alpha value is -5.35. The first-order chi connectivity index (χ1) is 20.6. The van der Waals surface area contributed by atoms with Gasteiger partial charge in [-0.05, 0) is 63.4 Å². The lowest BCUT2D eigenvalue weighted by Crippen LogP contribution is -2.14. The van der Waals surface area contributed by atoms with Crippen molar-refractivity contribution in [2.45, 2.75) is 19.3 Å². The molecular weight excluding hydrogens is 512 g/mol. The highest BCUT2D eigenvalue weighted by atomic mass is 15.1. The van der Waals surface area contributed by atoms with Crippen LogP contribution in [0.3, 0.4) is 0 Å². The first-order valence-electron chi connectivity index (χ1n) is 14.4. The minimum atomic E-state index is -0.111. The molecule has 0 fully saturated rings. The van der Waals surface area contributed by atoms with E-state index in [0.717, 1.165) is 33.6 Å². The third-order valence-corrected chi connectivity index (χ3v) is 9.04. The summed E-state index contributed by atoms with van der Waals surface area (Å²) < 4.78 is 2.29. The molecule has 198 valence electrons. The number of fused-ring (bicyclic) bond motifs is 8. The van der Waals surface area contributed by atoms with E-state index in [0.29, 0.717) is 5.65 Å². The predicted octanol–water partition coefficient (Wildman–Crippen LogP) is 9.25. The number of para-hydroxylation sites is 1. The molecule has 0 radical (unpaired) electrons. The van der Waals surface area contributed by atoms with Crippen molar-refractivity contribution in [2.75, 3.05) is 0 Å². The zero-order chi connectivity index (χ0) is 28.0. The second-order valence-electron chi connectivity index (χ2n) is 11.7. The van der Waals surface area contributed by atoms with Crippen LogP contribution in [0.4, 0.5) is 0 Å². The highest BCUT2D eigenvalue weighted by molar-refractivity contribution is 6.14. The maximum Gasteiger partial charge on any atom is 0.180 e. The van der Waals surface area contributed by atoms with Gasteiger partial charge >= 0.3 is 0 Å². The van der Waals surface area contributed by atoms with Gasteiger partial charge in [0.2, 0.25) is 0 Å². The smallest absolute Gasteiger partial charge is 0.180 e. The van der Waals surface area contributed by atoms with Crippen LogP contribution in [-0.2, 0) is 5.41 Å². The van der Waals surface area contributed by atoms with Crippen molar-refractivity contribution >= 4 is 43.7 Å². The summed E-state index contributed by atoms with van der Waals surface area (Å²) >= 11 is 0. The Labute approximate surface area is 242 Å². The standard InChI is InChI=1S/C38H26N4/c1-38(2)29-16-7-5-14-26(29)34-27(15-9-17-30(34)38)35-37(41-36-31(40-35)18-10-20-39-36)42-32-19-8-6-13-25(32)28-21-23-11-3-4-12-24(23)22-33(28)42/h3-22H,1-2H3. The highest BCUT2D eigenvalue weighted by Gasteiger charge is 2.37. The molecule has 0 amide bonds. The Bertz CT molecular complexity index is 2400. The lowest BCUT2D eigenvalue weighted by molar-refractivity contribution is 0.660. The van der Waals surface area contributed by atoms with Gasteiger partial charge in [0.25, 0.3) is 0 Å². The SMILES string of the molecule is CC1(C)c2ccccc2-c2c(-c3nc4cccnc4nc3-n3c4ccccc4c4cc5ccccc5cc43)cccc21. The third kappa shape index (κ3) is 3.09. The van der Waals surface area contributed by atoms with Crippen molar-refractivity contribution < 1.29 is 0 Å². The van der Waals surface area contributed by atoms with E-state index in [9.17, 15) is 0 Å². The van der Waals surface area contributed by atoms with Crippen LogP contribution in [0.1, 0.15) is 25.0 Å². The van der Waals surface area contributed by atoms with E-state index in [1.54, 1.807) is 6.20 Å². The third-order valence-electron chi connectivity index (χ3n) is 9.04. The van der Waals surface area contributed by atoms with Crippen molar-refractivity contribution in [3.8, 4) is 28.2 Å². The molecule has 0 aliphatic heterocycles. The van der Waals surface area contributed by atoms with Crippen molar-refractivity contribution in [2.24, 2.45) is 0 Å². The molecule has 1 aliphatic rings. The largest absolute Gasteiger partial charge is 0.292 e. The molecule has 4 nitrogen and oxygen atoms in total. The summed E-state index contributed by atoms with van der Waals surface area (Å²) in [6, 6.07) is 41.1. The quantitative estimate of drug-likeness (QED) is 0.220. The molecule has 42 heavy (non-hydrogen) atoms. The number of pyridine rings is 1. The van der Waals surface area contributed by atoms with Gasteiger partial charge in [-0.25, -0.2) is 15.0 Å². The van der Waals surface area contributed by atoms with Crippen LogP contribution in [0.2, 0.25) is 0 Å². The van der Waals surface area contributed by atoms with Gasteiger partial charge < -0.3 is 0 Å². The molecule has 9 rings (SSSR count). The average Bonchev–Trinajstić information content (AvgIpc) is 3.47. The molecule has 8 aromatic rings. The zero-order valence-electron chi connectivity index (χ0n) is 23.3. The Morgan fingerprint density at radius 2 is 1.33 bits per heavy atom. The maximum absolute atomic E-state index is 5.33. The molecule has 1 aliphatic carbocycles. The first-order valence-corrected chi connectivity index (χ1v) is 14.4. The fourth-order valence-electron chi connectivity index (χ4n) is 7.06. The van der Waals surface area contributed by atoms with Gasteiger partial charge in [-0.3, -0.25) is 4.57 Å². The average molecular weight is 539 g/mol. The number of hydrogen-bond acceptors (Lipinski definition) is 3. The van der Waals surface area contributed by atoms with Crippen LogP contribution < -0.4 is 0 Å². The van der Waals surface area contributed by atoms with Crippen LogP contribution in [0.5, 0.6) is 0 Å². The number of benzene rings is 5. The second kappa shape index (κ2) is 8.34. The van der Waals surface area contributed by atoms with Gasteiger partial charge in [-0.1, -0.05) is 98.8 Å². The van der Waals surface area contributed by atoms with E-state index >= 15 is 0 Å². The monoisotopic (exact) mass is 538 g/mol. The van der Waals surface area contributed by atoms with Gasteiger partial charge in [-0.15, -0.1) is 0 Å². The number of nitrogens with zero attached hydrogens (tertiary/aromatic N) is 4. The number of rotatable bonds is 2. The molecule has 0 spiro atoms. The molecule has 0 saturated heterocycles. The summed E-state index contributed by atoms with van der Waals surface area (Å²) in [4.78, 5) is 15.3. The van der Waals surface area contributed by atoms with Crippen molar-refractivity contribution in [3.05, 3.63) is 133 Å². The Morgan fingerprint density at radius 3 is 2.24 bits per heavy atom. The molecule has 0 bridgehead atoms. The molecule has 0 atom stereocenters. The van der Waals surface area contributed by atoms with E-state index in [-0.39, 0.29) is 5.41 Å². The van der Waals surface area contributed by atoms with Gasteiger partial charge in [0, 0.05) is 27.9 Å². The van der Waals surface area contributed by atoms with Crippen molar-refractivity contribution in [3.63, 3.8) is 0 Å². The van der Waals surface area contributed by atoms with E-state index in [1.807, 2.05) is 12.1 Å². The van der Waals surface area contributed by atoms with Gasteiger partial charge in [0.05, 0.1) is 11.0 Å². The summed E-state index contributed by atoms with van der Waals surface area (Å²) in [5, 5.41) is 4.80. The summed E-state index contributed by atoms with van der Waals surface area (Å²) in [7, 11) is 0. The lowest BCUT2D eigenvalue weighted by Gasteiger charge is -2.21. The maximum atomic E-state index is 5.33. The first kappa shape index (κ1) is 23.4. The summed E-state index contributed by atoms with van der Waals surface area (Å²) in [6.45, 7) is 4.63. The van der Waals surface area contributed by atoms with Crippen molar-refractivity contribution in [1.29, 1.82) is 0 Å². The van der Waals surface area contributed by atoms with Crippen LogP contribution in [0.15, 0.2) is 121 Å². The van der Waals surface area contributed by atoms with Crippen LogP contribution in [-0.4, -0.2) is 19.5 Å². The summed E-state index contributed by atoms with van der Waals surface area (Å²) in [6.07, 6.45) is 1.79. The Kier molecular flexibility index (Phi) is 4.64. The van der Waals surface area contributed by atoms with E-state index in [1.165, 1.54) is 43.8 Å². The normalized spacial score (nSPS) is 13.7. The van der Waals surface area contributed by atoms with E-state index in [2.05, 4.69) is 127 Å². The fraction of sp³-hybridized carbons (Fsp3) is 0.0789. The molecule has 0 N–H and O–H groups in total. The van der Waals surface area contributed by atoms with Gasteiger partial charge in [0.1, 0.15) is 11.2 Å². The topological polar surface area (TPSA) is 43.6 Å². The summed E-state index contributed by atoms with van der Waals surface area (Å²) in [5.74, 6) is 0.790. The minimum absolute atomic E-state index is 0.111. The molecule has 0 saturated carbocycles. The molecule has 3 heterocycles. The Balaban J connectivity index is 1.45. The van der Waals surface area contributed by atoms with E-state index < -0.39 is 0 Å². The second-order valence-corrected chi connectivity index (χ2v) is 11.7. The molecular formula is C38H26N4. The minimum Gasteiger partial charge on any atom is -0.292 e. The molecule has 0 unspecified atom stereocenters. The Morgan fingerprint density at radius 1 is 0.595 bits per heavy atom. The van der Waals surface area contributed by atoms with Gasteiger partial charge in [-0.2, -0.15) is 0 Å².